The number of benzene rings is 1. The Labute approximate surface area is 136 Å². The molecule has 1 heterocycles. The van der Waals surface area contributed by atoms with Crippen molar-refractivity contribution in [2.45, 2.75) is 32.4 Å². The van der Waals surface area contributed by atoms with Crippen LogP contribution in [-0.2, 0) is 11.6 Å². The highest BCUT2D eigenvalue weighted by Gasteiger charge is 2.32. The number of hydrogen-bond acceptors (Lipinski definition) is 0. The molecule has 0 aliphatic carbocycles. The summed E-state index contributed by atoms with van der Waals surface area (Å²) in [6.07, 6.45) is -3.36. The number of alkyl halides is 3. The van der Waals surface area contributed by atoms with Crippen LogP contribution in [0.25, 0.3) is 27.3 Å². The molecule has 0 fully saturated rings. The highest BCUT2D eigenvalue weighted by atomic mass is 19.4. The summed E-state index contributed by atoms with van der Waals surface area (Å²) in [5, 5.41) is 1.22. The molecule has 3 aromatic rings. The minimum absolute atomic E-state index is 0.195. The van der Waals surface area contributed by atoms with Gasteiger partial charge in [-0.05, 0) is 29.7 Å². The minimum atomic E-state index is -4.45. The van der Waals surface area contributed by atoms with Gasteiger partial charge in [0.2, 0.25) is 0 Å². The van der Waals surface area contributed by atoms with E-state index >= 15 is 0 Å². The molecule has 3 rings (SSSR count). The fourth-order valence-corrected chi connectivity index (χ4v) is 2.66. The molecule has 3 nitrogen and oxygen atoms in total. The van der Waals surface area contributed by atoms with E-state index in [9.17, 15) is 13.2 Å². The average Bonchev–Trinajstić information content (AvgIpc) is 2.79. The van der Waals surface area contributed by atoms with E-state index in [1.165, 1.54) is 10.6 Å². The minimum Gasteiger partial charge on any atom is -0.498 e. The molecule has 1 aromatic heterocycles. The van der Waals surface area contributed by atoms with Gasteiger partial charge in [0.05, 0.1) is 10.9 Å². The van der Waals surface area contributed by atoms with Crippen molar-refractivity contribution in [1.82, 2.24) is 4.57 Å². The van der Waals surface area contributed by atoms with Crippen LogP contribution in [0.2, 0.25) is 0 Å². The van der Waals surface area contributed by atoms with Crippen LogP contribution < -0.4 is 0 Å². The molecule has 122 valence electrons. The van der Waals surface area contributed by atoms with E-state index < -0.39 is 11.7 Å². The van der Waals surface area contributed by atoms with Crippen molar-refractivity contribution in [1.29, 1.82) is 0 Å². The average molecular weight is 329 g/mol. The third-order valence-corrected chi connectivity index (χ3v) is 3.95. The number of fused-ring (bicyclic) bond motifs is 3. The second-order valence-corrected chi connectivity index (χ2v) is 6.65. The normalized spacial score (nSPS) is 12.2. The summed E-state index contributed by atoms with van der Waals surface area (Å²) in [4.78, 5) is 2.99. The topological polar surface area (TPSA) is 41.3 Å². The maximum Gasteiger partial charge on any atom is 0.416 e. The lowest BCUT2D eigenvalue weighted by Gasteiger charge is -2.15. The first-order chi connectivity index (χ1) is 11.1. The van der Waals surface area contributed by atoms with Crippen molar-refractivity contribution in [3.05, 3.63) is 53.1 Å². The zero-order valence-electron chi connectivity index (χ0n) is 13.4. The molecule has 0 spiro atoms. The maximum absolute atomic E-state index is 13.0. The Morgan fingerprint density at radius 2 is 1.79 bits per heavy atom. The second kappa shape index (κ2) is 5.12. The summed E-state index contributed by atoms with van der Waals surface area (Å²) < 4.78 is 40.4. The number of hydrogen-bond donors (Lipinski definition) is 0. The van der Waals surface area contributed by atoms with Gasteiger partial charge in [-0.15, -0.1) is 0 Å². The lowest BCUT2D eigenvalue weighted by molar-refractivity contribution is -0.137. The molecule has 0 saturated heterocycles. The van der Waals surface area contributed by atoms with Gasteiger partial charge in [-0.25, -0.2) is 0 Å². The second-order valence-electron chi connectivity index (χ2n) is 6.65. The summed E-state index contributed by atoms with van der Waals surface area (Å²) in [6, 6.07) is 11.4. The SMILES string of the molecule is CC(C)(C)c1c#cc2c3ccc(C(F)(F)F)cc3n(C=[N+]=[N-])c2c1. The van der Waals surface area contributed by atoms with Crippen molar-refractivity contribution in [3.63, 3.8) is 0 Å². The molecule has 0 bridgehead atoms. The Hall–Kier alpha value is -2.77. The highest BCUT2D eigenvalue weighted by Crippen LogP contribution is 2.35. The molecule has 0 atom stereocenters. The molecule has 0 saturated carbocycles. The molecule has 0 aliphatic rings. The number of rotatable bonds is 1. The van der Waals surface area contributed by atoms with Gasteiger partial charge in [0.15, 0.2) is 5.52 Å². The van der Waals surface area contributed by atoms with Crippen LogP contribution in [0.4, 0.5) is 13.2 Å². The van der Waals surface area contributed by atoms with Gasteiger partial charge in [0.25, 0.3) is 0 Å². The van der Waals surface area contributed by atoms with E-state index in [2.05, 4.69) is 16.9 Å². The molecule has 0 aliphatic heterocycles. The lowest BCUT2D eigenvalue weighted by Crippen LogP contribution is -2.10. The van der Waals surface area contributed by atoms with Gasteiger partial charge < -0.3 is 10.3 Å². The summed E-state index contributed by atoms with van der Waals surface area (Å²) in [5.74, 6) is 0. The molecule has 0 amide bonds. The van der Waals surface area contributed by atoms with Gasteiger partial charge >= 0.3 is 12.5 Å². The molecule has 0 unspecified atom stereocenters. The van der Waals surface area contributed by atoms with Crippen molar-refractivity contribution in [3.8, 4) is 0 Å². The third kappa shape index (κ3) is 2.53. The van der Waals surface area contributed by atoms with Gasteiger partial charge in [0, 0.05) is 10.9 Å². The first-order valence-corrected chi connectivity index (χ1v) is 7.30. The Morgan fingerprint density at radius 1 is 1.08 bits per heavy atom. The van der Waals surface area contributed by atoms with Crippen molar-refractivity contribution in [2.75, 3.05) is 0 Å². The van der Waals surface area contributed by atoms with Crippen LogP contribution in [0.15, 0.2) is 24.3 Å². The number of nitrogens with zero attached hydrogens (tertiary/aromatic N) is 3. The Morgan fingerprint density at radius 3 is 2.38 bits per heavy atom. The van der Waals surface area contributed by atoms with Gasteiger partial charge in [-0.1, -0.05) is 32.9 Å². The predicted octanol–water partition coefficient (Wildman–Crippen LogP) is 4.82. The fourth-order valence-electron chi connectivity index (χ4n) is 2.66. The molecule has 0 radical (unpaired) electrons. The predicted molar refractivity (Wildman–Crippen MR) is 85.9 cm³/mol. The zero-order valence-corrected chi connectivity index (χ0v) is 13.4. The van der Waals surface area contributed by atoms with Crippen molar-refractivity contribution < 1.29 is 18.0 Å². The first-order valence-electron chi connectivity index (χ1n) is 7.30. The Balaban J connectivity index is 2.43. The number of halogens is 3. The largest absolute Gasteiger partial charge is 0.498 e. The highest BCUT2D eigenvalue weighted by molar-refractivity contribution is 6.10. The van der Waals surface area contributed by atoms with E-state index in [4.69, 9.17) is 5.53 Å². The Bertz CT molecular complexity index is 913. The van der Waals surface area contributed by atoms with Crippen LogP contribution in [0.5, 0.6) is 0 Å². The smallest absolute Gasteiger partial charge is 0.416 e. The number of aromatic nitrogens is 1. The maximum atomic E-state index is 13.0. The van der Waals surface area contributed by atoms with E-state index in [1.807, 2.05) is 26.8 Å². The van der Waals surface area contributed by atoms with Crippen LogP contribution in [0, 0.1) is 12.1 Å². The third-order valence-electron chi connectivity index (χ3n) is 3.95. The van der Waals surface area contributed by atoms with E-state index in [0.717, 1.165) is 24.0 Å². The first kappa shape index (κ1) is 16.1. The summed E-state index contributed by atoms with van der Waals surface area (Å²) in [5.41, 5.74) is 9.75. The van der Waals surface area contributed by atoms with Crippen LogP contribution >= 0.6 is 0 Å². The molecular weight excluding hydrogens is 315 g/mol. The molecule has 24 heavy (non-hydrogen) atoms. The monoisotopic (exact) mass is 329 g/mol. The molecule has 6 heteroatoms. The van der Waals surface area contributed by atoms with Gasteiger partial charge in [0.1, 0.15) is 5.52 Å². The lowest BCUT2D eigenvalue weighted by atomic mass is 9.88. The van der Waals surface area contributed by atoms with E-state index in [1.54, 1.807) is 0 Å². The van der Waals surface area contributed by atoms with Gasteiger partial charge in [-0.2, -0.15) is 17.7 Å². The summed E-state index contributed by atoms with van der Waals surface area (Å²) in [6.45, 7) is 6.02. The van der Waals surface area contributed by atoms with Crippen LogP contribution in [0.3, 0.4) is 0 Å². The molecular formula is C18H14F3N3. The quantitative estimate of drug-likeness (QED) is 0.266. The van der Waals surface area contributed by atoms with Crippen LogP contribution in [-0.4, -0.2) is 15.7 Å². The van der Waals surface area contributed by atoms with Crippen LogP contribution in [0.1, 0.15) is 31.9 Å². The summed E-state index contributed by atoms with van der Waals surface area (Å²) in [7, 11) is 0. The van der Waals surface area contributed by atoms with E-state index in [0.29, 0.717) is 21.8 Å². The molecule has 2 aromatic carbocycles. The molecule has 0 N–H and O–H groups in total. The zero-order chi connectivity index (χ0) is 17.7. The van der Waals surface area contributed by atoms with E-state index in [-0.39, 0.29) is 5.41 Å². The van der Waals surface area contributed by atoms with Crippen molar-refractivity contribution >= 4 is 28.1 Å². The van der Waals surface area contributed by atoms with Gasteiger partial charge in [-0.3, -0.25) is 0 Å². The Kier molecular flexibility index (Phi) is 3.43. The standard InChI is InChI=1S/C18H14F3N3/c1-17(2,3)11-4-6-13-14-7-5-12(18(19,20)21)9-16(14)24(10-23-22)15(13)8-11/h5,7-10H,1-3H3. The van der Waals surface area contributed by atoms with Crippen molar-refractivity contribution in [2.24, 2.45) is 0 Å². The fraction of sp³-hybridized carbons (Fsp3) is 0.278. The summed E-state index contributed by atoms with van der Waals surface area (Å²) >= 11 is 0.